The molecule has 0 radical (unpaired) electrons. The first-order valence-corrected chi connectivity index (χ1v) is 13.3. The van der Waals surface area contributed by atoms with Crippen molar-refractivity contribution < 1.29 is 20.3 Å². The molecule has 2 aromatic heterocycles. The van der Waals surface area contributed by atoms with Gasteiger partial charge in [0.1, 0.15) is 27.9 Å². The van der Waals surface area contributed by atoms with Crippen molar-refractivity contribution in [3.63, 3.8) is 0 Å². The SMILES string of the molecule is NS(=O)(=O)c1c(S(=O)(=O)C2CNC2)ccc(-c2ccc3cn[nH]c3c2)c1-c1nn[nH]n1.OI. The van der Waals surface area contributed by atoms with Crippen molar-refractivity contribution in [1.29, 1.82) is 0 Å². The second kappa shape index (κ2) is 9.03. The first kappa shape index (κ1) is 23.6. The van der Waals surface area contributed by atoms with E-state index in [4.69, 9.17) is 8.57 Å². The first-order valence-electron chi connectivity index (χ1n) is 9.25. The van der Waals surface area contributed by atoms with E-state index in [1.807, 2.05) is 0 Å². The highest BCUT2D eigenvalue weighted by Gasteiger charge is 2.38. The number of sulfonamides is 1. The van der Waals surface area contributed by atoms with E-state index in [1.165, 1.54) is 12.1 Å². The van der Waals surface area contributed by atoms with Crippen LogP contribution in [-0.2, 0) is 19.9 Å². The van der Waals surface area contributed by atoms with Crippen LogP contribution < -0.4 is 10.5 Å². The van der Waals surface area contributed by atoms with E-state index >= 15 is 0 Å². The number of sulfone groups is 1. The van der Waals surface area contributed by atoms with Gasteiger partial charge in [0.25, 0.3) is 0 Å². The number of H-pyrrole nitrogens is 2. The summed E-state index contributed by atoms with van der Waals surface area (Å²) in [5.41, 5.74) is 1.65. The largest absolute Gasteiger partial charge is 0.331 e. The highest BCUT2D eigenvalue weighted by molar-refractivity contribution is 14.1. The van der Waals surface area contributed by atoms with Crippen molar-refractivity contribution in [3.05, 3.63) is 36.5 Å². The summed E-state index contributed by atoms with van der Waals surface area (Å²) in [5, 5.41) is 28.9. The minimum Gasteiger partial charge on any atom is -0.331 e. The van der Waals surface area contributed by atoms with Crippen molar-refractivity contribution in [3.8, 4) is 22.5 Å². The molecule has 0 amide bonds. The van der Waals surface area contributed by atoms with E-state index in [0.717, 1.165) is 28.4 Å². The van der Waals surface area contributed by atoms with Gasteiger partial charge in [-0.05, 0) is 28.5 Å². The zero-order valence-electron chi connectivity index (χ0n) is 16.6. The lowest BCUT2D eigenvalue weighted by Gasteiger charge is -2.28. The van der Waals surface area contributed by atoms with Crippen LogP contribution in [0.2, 0.25) is 0 Å². The number of aromatic nitrogens is 6. The van der Waals surface area contributed by atoms with Gasteiger partial charge in [-0.15, -0.1) is 10.2 Å². The maximum absolute atomic E-state index is 13.2. The number of nitrogens with one attached hydrogen (secondary N) is 3. The number of fused-ring (bicyclic) bond motifs is 1. The number of primary sulfonamides is 1. The molecule has 0 unspecified atom stereocenters. The highest BCUT2D eigenvalue weighted by Crippen LogP contribution is 2.40. The maximum atomic E-state index is 13.2. The summed E-state index contributed by atoms with van der Waals surface area (Å²) in [6, 6.07) is 8.11. The molecule has 4 aromatic rings. The van der Waals surface area contributed by atoms with Gasteiger partial charge >= 0.3 is 0 Å². The third-order valence-corrected chi connectivity index (χ3v) is 8.50. The molecule has 33 heavy (non-hydrogen) atoms. The number of nitrogens with zero attached hydrogens (tertiary/aromatic N) is 4. The van der Waals surface area contributed by atoms with E-state index in [2.05, 4.69) is 36.1 Å². The van der Waals surface area contributed by atoms with Gasteiger partial charge in [0.15, 0.2) is 9.84 Å². The summed E-state index contributed by atoms with van der Waals surface area (Å²) in [4.78, 5) is -0.935. The zero-order chi connectivity index (χ0) is 23.8. The fraction of sp³-hybridized carbons (Fsp3) is 0.176. The minimum atomic E-state index is -4.49. The molecule has 1 fully saturated rings. The molecule has 16 heteroatoms. The molecule has 1 aliphatic heterocycles. The molecule has 1 aliphatic rings. The van der Waals surface area contributed by atoms with Crippen LogP contribution in [0.1, 0.15) is 0 Å². The number of hydrogen-bond donors (Lipinski definition) is 5. The molecule has 5 rings (SSSR count). The third-order valence-electron chi connectivity index (χ3n) is 5.22. The second-order valence-electron chi connectivity index (χ2n) is 7.09. The van der Waals surface area contributed by atoms with E-state index < -0.39 is 30.0 Å². The van der Waals surface area contributed by atoms with Crippen molar-refractivity contribution >= 4 is 53.8 Å². The quantitative estimate of drug-likeness (QED) is 0.195. The Hall–Kier alpha value is -2.51. The molecular weight excluding hydrogens is 587 g/mol. The Labute approximate surface area is 201 Å². The van der Waals surface area contributed by atoms with Gasteiger partial charge in [-0.1, -0.05) is 18.2 Å². The highest BCUT2D eigenvalue weighted by atomic mass is 127. The van der Waals surface area contributed by atoms with E-state index in [-0.39, 0.29) is 29.4 Å². The van der Waals surface area contributed by atoms with Crippen LogP contribution >= 0.6 is 23.0 Å². The van der Waals surface area contributed by atoms with E-state index in [0.29, 0.717) is 16.6 Å². The topological polar surface area (TPSA) is 210 Å². The Kier molecular flexibility index (Phi) is 6.47. The lowest BCUT2D eigenvalue weighted by molar-refractivity contribution is 0.493. The zero-order valence-corrected chi connectivity index (χ0v) is 20.4. The van der Waals surface area contributed by atoms with Crippen LogP contribution in [0, 0.1) is 0 Å². The number of tetrazole rings is 1. The normalized spacial score (nSPS) is 14.5. The second-order valence-corrected chi connectivity index (χ2v) is 10.8. The molecular formula is C17H17IN8O5S2. The Morgan fingerprint density at radius 1 is 1.09 bits per heavy atom. The molecule has 0 aliphatic carbocycles. The van der Waals surface area contributed by atoms with Crippen LogP contribution in [0.15, 0.2) is 46.3 Å². The Morgan fingerprint density at radius 3 is 2.45 bits per heavy atom. The van der Waals surface area contributed by atoms with Crippen molar-refractivity contribution in [1.82, 2.24) is 36.1 Å². The number of halogens is 1. The average molecular weight is 604 g/mol. The van der Waals surface area contributed by atoms with E-state index in [9.17, 15) is 16.8 Å². The summed E-state index contributed by atoms with van der Waals surface area (Å²) in [7, 11) is -8.47. The van der Waals surface area contributed by atoms with Crippen LogP contribution in [0.3, 0.4) is 0 Å². The summed E-state index contributed by atoms with van der Waals surface area (Å²) in [5.74, 6) is -0.0903. The van der Waals surface area contributed by atoms with Gasteiger partial charge < -0.3 is 8.75 Å². The predicted molar refractivity (Wildman–Crippen MR) is 126 cm³/mol. The fourth-order valence-corrected chi connectivity index (χ4v) is 6.75. The number of rotatable bonds is 5. The number of benzene rings is 2. The van der Waals surface area contributed by atoms with Crippen LogP contribution in [0.4, 0.5) is 0 Å². The van der Waals surface area contributed by atoms with Crippen molar-refractivity contribution in [2.45, 2.75) is 15.0 Å². The molecule has 1 saturated heterocycles. The van der Waals surface area contributed by atoms with Crippen molar-refractivity contribution in [2.24, 2.45) is 5.14 Å². The monoisotopic (exact) mass is 604 g/mol. The van der Waals surface area contributed by atoms with Gasteiger partial charge in [-0.25, -0.2) is 22.0 Å². The average Bonchev–Trinajstić information content (AvgIpc) is 3.43. The third kappa shape index (κ3) is 4.24. The predicted octanol–water partition coefficient (Wildman–Crippen LogP) is 0.132. The summed E-state index contributed by atoms with van der Waals surface area (Å²) in [6.45, 7) is 0.449. The molecule has 0 atom stereocenters. The molecule has 6 N–H and O–H groups in total. The van der Waals surface area contributed by atoms with Crippen molar-refractivity contribution in [2.75, 3.05) is 13.1 Å². The van der Waals surface area contributed by atoms with Gasteiger partial charge in [-0.3, -0.25) is 5.10 Å². The molecule has 3 heterocycles. The van der Waals surface area contributed by atoms with Crippen LogP contribution in [0.25, 0.3) is 33.4 Å². The first-order chi connectivity index (χ1) is 15.8. The maximum Gasteiger partial charge on any atom is 0.240 e. The number of hydrogen-bond acceptors (Lipinski definition) is 10. The molecule has 13 nitrogen and oxygen atoms in total. The summed E-state index contributed by atoms with van der Waals surface area (Å²) in [6.07, 6.45) is 1.65. The number of aromatic amines is 2. The lowest BCUT2D eigenvalue weighted by Crippen LogP contribution is -2.51. The Bertz CT molecular complexity index is 1520. The molecule has 2 aromatic carbocycles. The Morgan fingerprint density at radius 2 is 1.85 bits per heavy atom. The fourth-order valence-electron chi connectivity index (χ4n) is 3.57. The lowest BCUT2D eigenvalue weighted by atomic mass is 9.98. The van der Waals surface area contributed by atoms with Crippen LogP contribution in [0.5, 0.6) is 0 Å². The molecule has 0 spiro atoms. The smallest absolute Gasteiger partial charge is 0.240 e. The summed E-state index contributed by atoms with van der Waals surface area (Å²) >= 11 is 1.15. The molecule has 174 valence electrons. The number of nitrogens with two attached hydrogens (primary N) is 1. The van der Waals surface area contributed by atoms with Gasteiger partial charge in [0.2, 0.25) is 15.8 Å². The van der Waals surface area contributed by atoms with Gasteiger partial charge in [-0.2, -0.15) is 10.3 Å². The summed E-state index contributed by atoms with van der Waals surface area (Å²) < 4.78 is 58.7. The minimum absolute atomic E-state index is 0.0385. The van der Waals surface area contributed by atoms with Gasteiger partial charge in [0.05, 0.1) is 27.4 Å². The standard InChI is InChI=1S/C17H16N8O4S2.HIO/c18-31(28,29)16-14(30(26,27)11-7-19-8-11)4-3-12(15(16)17-22-24-25-23-17)9-1-2-10-6-20-21-13(10)5-9;1-2/h1-6,11,19H,7-8H2,(H,20,21)(H2,18,28,29)(H,22,23,24,25);2H. The van der Waals surface area contributed by atoms with Gasteiger partial charge in [0, 0.05) is 18.5 Å². The van der Waals surface area contributed by atoms with E-state index in [1.54, 1.807) is 24.4 Å². The van der Waals surface area contributed by atoms with Crippen LogP contribution in [-0.4, -0.2) is 69.4 Å². The Balaban J connectivity index is 0.00000126. The molecule has 0 saturated carbocycles. The molecule has 0 bridgehead atoms.